The van der Waals surface area contributed by atoms with E-state index in [1.165, 1.54) is 0 Å². The molecule has 1 saturated carbocycles. The number of nitrogens with zero attached hydrogens (tertiary/aromatic N) is 1. The Morgan fingerprint density at radius 2 is 1.65 bits per heavy atom. The number of anilines is 1. The van der Waals surface area contributed by atoms with Crippen LogP contribution in [0.25, 0.3) is 0 Å². The molecule has 0 saturated heterocycles. The van der Waals surface area contributed by atoms with Gasteiger partial charge in [-0.25, -0.2) is 0 Å². The first kappa shape index (κ1) is 24.6. The molecule has 37 heavy (non-hydrogen) atoms. The second kappa shape index (κ2) is 9.12. The molecule has 1 amide bonds. The van der Waals surface area contributed by atoms with Gasteiger partial charge >= 0.3 is 5.97 Å². The minimum Gasteiger partial charge on any atom is -0.496 e. The van der Waals surface area contributed by atoms with Crippen molar-refractivity contribution in [2.75, 3.05) is 32.7 Å². The second-order valence-corrected chi connectivity index (χ2v) is 9.58. The van der Waals surface area contributed by atoms with E-state index in [1.807, 2.05) is 55.5 Å². The van der Waals surface area contributed by atoms with Crippen molar-refractivity contribution >= 4 is 17.6 Å². The number of fused-ring (bicyclic) bond motifs is 1. The minimum absolute atomic E-state index is 0.0339. The molecule has 1 heterocycles. The molecule has 1 aliphatic carbocycles. The number of likely N-dealkylation sites (N-methyl/N-ethyl adjacent to an activating group) is 1. The van der Waals surface area contributed by atoms with E-state index >= 15 is 0 Å². The molecule has 2 N–H and O–H groups in total. The van der Waals surface area contributed by atoms with E-state index in [0.717, 1.165) is 16.7 Å². The average molecular weight is 503 g/mol. The number of benzene rings is 3. The Bertz CT molecular complexity index is 1340. The number of carboxylic acid groups (broad SMARTS) is 1. The van der Waals surface area contributed by atoms with Gasteiger partial charge in [0.1, 0.15) is 28.8 Å². The van der Waals surface area contributed by atoms with Gasteiger partial charge in [-0.15, -0.1) is 0 Å². The quantitative estimate of drug-likeness (QED) is 0.508. The molecule has 2 aliphatic rings. The summed E-state index contributed by atoms with van der Waals surface area (Å²) in [7, 11) is 4.81. The van der Waals surface area contributed by atoms with Gasteiger partial charge in [-0.05, 0) is 24.1 Å². The third-order valence-electron chi connectivity index (χ3n) is 7.56. The van der Waals surface area contributed by atoms with Gasteiger partial charge in [0.25, 0.3) is 0 Å². The van der Waals surface area contributed by atoms with Crippen LogP contribution in [-0.2, 0) is 15.1 Å². The topological polar surface area (TPSA) is 97.3 Å². The number of hydrogen-bond donors (Lipinski definition) is 2. The van der Waals surface area contributed by atoms with Crippen molar-refractivity contribution < 1.29 is 28.9 Å². The highest BCUT2D eigenvalue weighted by molar-refractivity contribution is 5.97. The standard InChI is InChI=1S/C29H30N2O6/c1-18-10-11-23-24(12-18)31(2)26(32)17-30-29(23,19-8-6-5-7-9-19)28(27(33)34)16-25(28)37-22-14-20(35-3)13-21(15-22)36-4/h5-15,25,30H,16-17H2,1-4H3,(H,33,34)/t25?,28?,29-/m0/s1. The van der Waals surface area contributed by atoms with E-state index in [-0.39, 0.29) is 18.9 Å². The summed E-state index contributed by atoms with van der Waals surface area (Å²) in [5, 5.41) is 14.3. The summed E-state index contributed by atoms with van der Waals surface area (Å²) < 4.78 is 17.1. The van der Waals surface area contributed by atoms with E-state index in [0.29, 0.717) is 22.9 Å². The van der Waals surface area contributed by atoms with Crippen LogP contribution >= 0.6 is 0 Å². The monoisotopic (exact) mass is 502 g/mol. The number of aliphatic carboxylic acids is 1. The number of rotatable bonds is 7. The predicted octanol–water partition coefficient (Wildman–Crippen LogP) is 3.74. The normalized spacial score (nSPS) is 24.6. The van der Waals surface area contributed by atoms with E-state index in [4.69, 9.17) is 14.2 Å². The fourth-order valence-electron chi connectivity index (χ4n) is 5.56. The number of carbonyl (C=O) groups excluding carboxylic acids is 1. The maximum atomic E-state index is 13.3. The molecule has 8 nitrogen and oxygen atoms in total. The number of amides is 1. The van der Waals surface area contributed by atoms with E-state index in [9.17, 15) is 14.7 Å². The Morgan fingerprint density at radius 1 is 1.00 bits per heavy atom. The molecule has 8 heteroatoms. The van der Waals surface area contributed by atoms with Crippen molar-refractivity contribution in [2.45, 2.75) is 25.0 Å². The Hall–Kier alpha value is -4.04. The molecule has 1 fully saturated rings. The number of carbonyl (C=O) groups is 2. The maximum Gasteiger partial charge on any atom is 0.316 e. The van der Waals surface area contributed by atoms with E-state index < -0.39 is 23.0 Å². The molecule has 0 spiro atoms. The number of methoxy groups -OCH3 is 2. The SMILES string of the molecule is COc1cc(OC)cc(OC2CC2(C(=O)O)[C@@]2(c3ccccc3)NCC(=O)N(C)c3cc(C)ccc32)c1. The lowest BCUT2D eigenvalue weighted by Crippen LogP contribution is -2.56. The number of aryl methyl sites for hydroxylation is 1. The lowest BCUT2D eigenvalue weighted by atomic mass is 9.69. The highest BCUT2D eigenvalue weighted by atomic mass is 16.5. The predicted molar refractivity (Wildman–Crippen MR) is 138 cm³/mol. The van der Waals surface area contributed by atoms with E-state index in [2.05, 4.69) is 5.32 Å². The van der Waals surface area contributed by atoms with Crippen molar-refractivity contribution in [3.05, 3.63) is 83.4 Å². The Balaban J connectivity index is 1.71. The summed E-state index contributed by atoms with van der Waals surface area (Å²) in [6.07, 6.45) is -0.461. The summed E-state index contributed by atoms with van der Waals surface area (Å²) in [5.74, 6) is 0.357. The molecule has 0 radical (unpaired) electrons. The third-order valence-corrected chi connectivity index (χ3v) is 7.56. The second-order valence-electron chi connectivity index (χ2n) is 9.58. The molecule has 2 unspecified atom stereocenters. The molecule has 5 rings (SSSR count). The van der Waals surface area contributed by atoms with Gasteiger partial charge in [-0.2, -0.15) is 0 Å². The first-order valence-corrected chi connectivity index (χ1v) is 12.1. The first-order valence-electron chi connectivity index (χ1n) is 12.1. The van der Waals surface area contributed by atoms with Gasteiger partial charge in [0.05, 0.1) is 26.3 Å². The Kier molecular flexibility index (Phi) is 6.07. The van der Waals surface area contributed by atoms with Crippen LogP contribution in [0.5, 0.6) is 17.2 Å². The highest BCUT2D eigenvalue weighted by Gasteiger charge is 2.75. The molecule has 1 aliphatic heterocycles. The summed E-state index contributed by atoms with van der Waals surface area (Å²) >= 11 is 0. The first-order chi connectivity index (χ1) is 17.8. The van der Waals surface area contributed by atoms with Crippen LogP contribution in [0.2, 0.25) is 0 Å². The summed E-state index contributed by atoms with van der Waals surface area (Å²) in [4.78, 5) is 28.0. The van der Waals surface area contributed by atoms with Gasteiger partial charge in [0.2, 0.25) is 5.91 Å². The number of nitrogens with one attached hydrogen (secondary N) is 1. The number of carboxylic acids is 1. The molecule has 192 valence electrons. The van der Waals surface area contributed by atoms with Crippen molar-refractivity contribution in [2.24, 2.45) is 5.41 Å². The number of ether oxygens (including phenoxy) is 3. The smallest absolute Gasteiger partial charge is 0.316 e. The Morgan fingerprint density at radius 3 is 2.27 bits per heavy atom. The highest BCUT2D eigenvalue weighted by Crippen LogP contribution is 2.64. The minimum atomic E-state index is -1.40. The van der Waals surface area contributed by atoms with Crippen LogP contribution in [0.4, 0.5) is 5.69 Å². The van der Waals surface area contributed by atoms with Crippen molar-refractivity contribution in [1.82, 2.24) is 5.32 Å². The largest absolute Gasteiger partial charge is 0.496 e. The Labute approximate surface area is 215 Å². The molecule has 0 bridgehead atoms. The molecule has 3 atom stereocenters. The summed E-state index contributed by atoms with van der Waals surface area (Å²) in [6.45, 7) is 1.92. The van der Waals surface area contributed by atoms with Crippen LogP contribution in [0.3, 0.4) is 0 Å². The van der Waals surface area contributed by atoms with Crippen molar-refractivity contribution in [3.63, 3.8) is 0 Å². The van der Waals surface area contributed by atoms with Crippen LogP contribution in [0.1, 0.15) is 23.1 Å². The van der Waals surface area contributed by atoms with Crippen LogP contribution in [0, 0.1) is 12.3 Å². The zero-order valence-corrected chi connectivity index (χ0v) is 21.3. The number of hydrogen-bond acceptors (Lipinski definition) is 6. The van der Waals surface area contributed by atoms with Gasteiger partial charge in [-0.3, -0.25) is 14.9 Å². The molecular formula is C29H30N2O6. The van der Waals surface area contributed by atoms with Crippen LogP contribution < -0.4 is 24.4 Å². The van der Waals surface area contributed by atoms with Crippen molar-refractivity contribution in [1.29, 1.82) is 0 Å². The zero-order valence-electron chi connectivity index (χ0n) is 21.3. The average Bonchev–Trinajstić information content (AvgIpc) is 3.65. The zero-order chi connectivity index (χ0) is 26.4. The van der Waals surface area contributed by atoms with Gasteiger partial charge in [0, 0.05) is 42.9 Å². The summed E-state index contributed by atoms with van der Waals surface area (Å²) in [5.41, 5.74) is 0.471. The molecule has 3 aromatic rings. The fraction of sp³-hybridized carbons (Fsp3) is 0.310. The van der Waals surface area contributed by atoms with Gasteiger partial charge < -0.3 is 24.2 Å². The molecule has 3 aromatic carbocycles. The third kappa shape index (κ3) is 3.79. The van der Waals surface area contributed by atoms with Crippen molar-refractivity contribution in [3.8, 4) is 17.2 Å². The van der Waals surface area contributed by atoms with Crippen LogP contribution in [-0.4, -0.2) is 50.9 Å². The van der Waals surface area contributed by atoms with E-state index in [1.54, 1.807) is 44.4 Å². The maximum absolute atomic E-state index is 13.3. The lowest BCUT2D eigenvalue weighted by Gasteiger charge is -2.41. The molecule has 0 aromatic heterocycles. The van der Waals surface area contributed by atoms with Gasteiger partial charge in [0.15, 0.2) is 0 Å². The van der Waals surface area contributed by atoms with Crippen LogP contribution in [0.15, 0.2) is 66.7 Å². The summed E-state index contributed by atoms with van der Waals surface area (Å²) in [6, 6.07) is 20.4. The van der Waals surface area contributed by atoms with Gasteiger partial charge in [-0.1, -0.05) is 42.5 Å². The lowest BCUT2D eigenvalue weighted by molar-refractivity contribution is -0.148. The fourth-order valence-corrected chi connectivity index (χ4v) is 5.56. The molecular weight excluding hydrogens is 472 g/mol.